The number of hydrogen-bond donors (Lipinski definition) is 2. The van der Waals surface area contributed by atoms with Gasteiger partial charge in [-0.1, -0.05) is 6.07 Å². The van der Waals surface area contributed by atoms with Crippen molar-refractivity contribution in [2.75, 3.05) is 7.11 Å². The van der Waals surface area contributed by atoms with Gasteiger partial charge in [0.15, 0.2) is 5.84 Å². The quantitative estimate of drug-likeness (QED) is 0.302. The molecule has 0 atom stereocenters. The van der Waals surface area contributed by atoms with Crippen LogP contribution < -0.4 is 16.3 Å². The lowest BCUT2D eigenvalue weighted by Crippen LogP contribution is -2.18. The topological polar surface area (TPSA) is 73.6 Å². The Morgan fingerprint density at radius 2 is 2.23 bits per heavy atom. The van der Waals surface area contributed by atoms with Crippen molar-refractivity contribution in [1.82, 2.24) is 0 Å². The number of methoxy groups -OCH3 is 1. The first-order valence-electron chi connectivity index (χ1n) is 3.57. The van der Waals surface area contributed by atoms with Crippen LogP contribution in [-0.4, -0.2) is 12.9 Å². The minimum absolute atomic E-state index is 0.0880. The molecule has 0 aromatic heterocycles. The fraction of sp³-hybridized carbons (Fsp3) is 0.125. The van der Waals surface area contributed by atoms with E-state index in [2.05, 4.69) is 5.10 Å². The van der Waals surface area contributed by atoms with Gasteiger partial charge in [-0.2, -0.15) is 5.10 Å². The van der Waals surface area contributed by atoms with Crippen LogP contribution in [0.3, 0.4) is 0 Å². The van der Waals surface area contributed by atoms with Crippen LogP contribution in [0.2, 0.25) is 0 Å². The smallest absolute Gasteiger partial charge is 0.157 e. The molecule has 0 heterocycles. The number of amidine groups is 1. The van der Waals surface area contributed by atoms with Crippen LogP contribution in [-0.2, 0) is 0 Å². The van der Waals surface area contributed by atoms with E-state index in [1.165, 1.54) is 19.2 Å². The van der Waals surface area contributed by atoms with Crippen molar-refractivity contribution >= 4 is 5.84 Å². The Kier molecular flexibility index (Phi) is 2.69. The van der Waals surface area contributed by atoms with E-state index in [0.29, 0.717) is 5.75 Å². The second kappa shape index (κ2) is 3.75. The van der Waals surface area contributed by atoms with Crippen LogP contribution in [0.5, 0.6) is 5.75 Å². The minimum atomic E-state index is -0.508. The zero-order chi connectivity index (χ0) is 9.84. The van der Waals surface area contributed by atoms with Crippen molar-refractivity contribution in [1.29, 1.82) is 0 Å². The van der Waals surface area contributed by atoms with E-state index in [0.717, 1.165) is 0 Å². The maximum atomic E-state index is 13.2. The van der Waals surface area contributed by atoms with Gasteiger partial charge in [0, 0.05) is 0 Å². The summed E-state index contributed by atoms with van der Waals surface area (Å²) < 4.78 is 18.1. The highest BCUT2D eigenvalue weighted by Crippen LogP contribution is 2.20. The highest BCUT2D eigenvalue weighted by molar-refractivity contribution is 6.00. The second-order valence-corrected chi connectivity index (χ2v) is 2.33. The van der Waals surface area contributed by atoms with E-state index in [-0.39, 0.29) is 11.4 Å². The first kappa shape index (κ1) is 9.31. The molecule has 5 heteroatoms. The summed E-state index contributed by atoms with van der Waals surface area (Å²) in [5, 5.41) is 3.20. The van der Waals surface area contributed by atoms with Crippen LogP contribution in [0.25, 0.3) is 0 Å². The van der Waals surface area contributed by atoms with Gasteiger partial charge in [0.25, 0.3) is 0 Å². The van der Waals surface area contributed by atoms with Gasteiger partial charge in [0.1, 0.15) is 11.6 Å². The van der Waals surface area contributed by atoms with E-state index < -0.39 is 5.82 Å². The molecule has 0 amide bonds. The van der Waals surface area contributed by atoms with Gasteiger partial charge in [-0.05, 0) is 12.1 Å². The summed E-state index contributed by atoms with van der Waals surface area (Å²) in [6.07, 6.45) is 0. The molecule has 0 saturated heterocycles. The van der Waals surface area contributed by atoms with Crippen LogP contribution in [0.4, 0.5) is 4.39 Å². The number of nitrogens with two attached hydrogens (primary N) is 2. The molecule has 1 rings (SSSR count). The molecule has 0 aliphatic rings. The summed E-state index contributed by atoms with van der Waals surface area (Å²) in [6, 6.07) is 4.35. The fourth-order valence-electron chi connectivity index (χ4n) is 0.988. The number of hydrazone groups is 1. The van der Waals surface area contributed by atoms with E-state index >= 15 is 0 Å². The molecule has 0 aliphatic carbocycles. The van der Waals surface area contributed by atoms with Crippen molar-refractivity contribution < 1.29 is 9.13 Å². The molecule has 0 unspecified atom stereocenters. The van der Waals surface area contributed by atoms with E-state index in [1.807, 2.05) is 0 Å². The largest absolute Gasteiger partial charge is 0.496 e. The highest BCUT2D eigenvalue weighted by atomic mass is 19.1. The molecule has 0 aliphatic heterocycles. The standard InChI is InChI=1S/C8H10FN3O/c1-13-6-4-2-3-5(9)7(6)8(10)12-11/h2-4H,11H2,1H3,(H2,10,12). The molecule has 4 nitrogen and oxygen atoms in total. The molecule has 70 valence electrons. The third kappa shape index (κ3) is 1.69. The van der Waals surface area contributed by atoms with Crippen LogP contribution in [0.1, 0.15) is 5.56 Å². The predicted octanol–water partition coefficient (Wildman–Crippen LogP) is 0.413. The number of benzene rings is 1. The van der Waals surface area contributed by atoms with Gasteiger partial charge in [0.05, 0.1) is 12.7 Å². The van der Waals surface area contributed by atoms with Crippen LogP contribution in [0, 0.1) is 5.82 Å². The van der Waals surface area contributed by atoms with Gasteiger partial charge < -0.3 is 16.3 Å². The summed E-state index contributed by atoms with van der Waals surface area (Å²) in [6.45, 7) is 0. The van der Waals surface area contributed by atoms with Crippen LogP contribution >= 0.6 is 0 Å². The SMILES string of the molecule is COc1cccc(F)c1C(N)=NN. The van der Waals surface area contributed by atoms with Gasteiger partial charge in [-0.3, -0.25) is 0 Å². The number of nitrogens with zero attached hydrogens (tertiary/aromatic N) is 1. The average Bonchev–Trinajstić information content (AvgIpc) is 2.16. The van der Waals surface area contributed by atoms with Crippen LogP contribution in [0.15, 0.2) is 23.3 Å². The first-order chi connectivity index (χ1) is 6.20. The Bertz CT molecular complexity index is 338. The third-order valence-electron chi connectivity index (χ3n) is 1.59. The normalized spacial score (nSPS) is 11.4. The second-order valence-electron chi connectivity index (χ2n) is 2.33. The van der Waals surface area contributed by atoms with Crippen molar-refractivity contribution in [3.63, 3.8) is 0 Å². The first-order valence-corrected chi connectivity index (χ1v) is 3.57. The summed E-state index contributed by atoms with van der Waals surface area (Å²) in [5.74, 6) is 4.65. The minimum Gasteiger partial charge on any atom is -0.496 e. The zero-order valence-corrected chi connectivity index (χ0v) is 7.12. The Morgan fingerprint density at radius 3 is 2.77 bits per heavy atom. The Balaban J connectivity index is 3.31. The molecule has 1 aromatic rings. The van der Waals surface area contributed by atoms with E-state index in [4.69, 9.17) is 16.3 Å². The number of hydrogen-bond acceptors (Lipinski definition) is 3. The lowest BCUT2D eigenvalue weighted by atomic mass is 10.1. The maximum absolute atomic E-state index is 13.2. The van der Waals surface area contributed by atoms with Gasteiger partial charge in [-0.15, -0.1) is 0 Å². The third-order valence-corrected chi connectivity index (χ3v) is 1.59. The number of rotatable bonds is 2. The maximum Gasteiger partial charge on any atom is 0.157 e. The molecule has 4 N–H and O–H groups in total. The van der Waals surface area contributed by atoms with Gasteiger partial charge in [-0.25, -0.2) is 4.39 Å². The average molecular weight is 183 g/mol. The molecular weight excluding hydrogens is 173 g/mol. The Labute approximate surface area is 75.0 Å². The highest BCUT2D eigenvalue weighted by Gasteiger charge is 2.12. The van der Waals surface area contributed by atoms with Gasteiger partial charge >= 0.3 is 0 Å². The summed E-state index contributed by atoms with van der Waals surface area (Å²) in [5.41, 5.74) is 5.47. The molecular formula is C8H10FN3O. The molecule has 0 saturated carbocycles. The van der Waals surface area contributed by atoms with Crippen molar-refractivity contribution in [3.8, 4) is 5.75 Å². The molecule has 0 radical (unpaired) electrons. The Morgan fingerprint density at radius 1 is 1.54 bits per heavy atom. The van der Waals surface area contributed by atoms with E-state index in [1.54, 1.807) is 6.07 Å². The number of halogens is 1. The molecule has 1 aromatic carbocycles. The summed E-state index contributed by atoms with van der Waals surface area (Å²) in [7, 11) is 1.42. The number of ether oxygens (including phenoxy) is 1. The molecule has 0 fully saturated rings. The fourth-order valence-corrected chi connectivity index (χ4v) is 0.988. The predicted molar refractivity (Wildman–Crippen MR) is 47.9 cm³/mol. The molecule has 0 spiro atoms. The van der Waals surface area contributed by atoms with Crippen molar-refractivity contribution in [3.05, 3.63) is 29.6 Å². The summed E-state index contributed by atoms with van der Waals surface area (Å²) >= 11 is 0. The lowest BCUT2D eigenvalue weighted by molar-refractivity contribution is 0.410. The van der Waals surface area contributed by atoms with E-state index in [9.17, 15) is 4.39 Å². The molecule has 0 bridgehead atoms. The summed E-state index contributed by atoms with van der Waals surface area (Å²) in [4.78, 5) is 0. The Hall–Kier alpha value is -1.78. The monoisotopic (exact) mass is 183 g/mol. The van der Waals surface area contributed by atoms with Gasteiger partial charge in [0.2, 0.25) is 0 Å². The lowest BCUT2D eigenvalue weighted by Gasteiger charge is -2.07. The van der Waals surface area contributed by atoms with Crippen molar-refractivity contribution in [2.45, 2.75) is 0 Å². The van der Waals surface area contributed by atoms with Crippen molar-refractivity contribution in [2.24, 2.45) is 16.7 Å². The zero-order valence-electron chi connectivity index (χ0n) is 7.12. The molecule has 13 heavy (non-hydrogen) atoms.